The zero-order chi connectivity index (χ0) is 17.2. The van der Waals surface area contributed by atoms with E-state index in [-0.39, 0.29) is 0 Å². The van der Waals surface area contributed by atoms with Crippen LogP contribution in [-0.4, -0.2) is 51.2 Å². The molecule has 7 nitrogen and oxygen atoms in total. The van der Waals surface area contributed by atoms with Gasteiger partial charge in [0.05, 0.1) is 17.7 Å². The molecule has 0 atom stereocenters. The Balaban J connectivity index is 1.51. The van der Waals surface area contributed by atoms with E-state index in [4.69, 9.17) is 4.52 Å². The molecule has 1 aliphatic heterocycles. The Morgan fingerprint density at radius 1 is 1.20 bits per heavy atom. The maximum absolute atomic E-state index is 5.07. The number of aromatic nitrogens is 4. The predicted molar refractivity (Wildman–Crippen MR) is 98.4 cm³/mol. The molecule has 0 aliphatic carbocycles. The highest BCUT2D eigenvalue weighted by molar-refractivity contribution is 9.10. The standard InChI is InChI=1S/C17H19BrN6O/c1-12-21-16(22-25-12)11-23-5-2-6-24(8-7-23)15-3-4-19-14-9-13(18)10-20-17(14)15/h3-4,9-10H,2,5-8,11H2,1H3. The van der Waals surface area contributed by atoms with Crippen LogP contribution in [0, 0.1) is 6.92 Å². The molecule has 3 aromatic rings. The van der Waals surface area contributed by atoms with Crippen LogP contribution in [-0.2, 0) is 6.54 Å². The summed E-state index contributed by atoms with van der Waals surface area (Å²) in [6, 6.07) is 4.07. The fourth-order valence-electron chi connectivity index (χ4n) is 3.22. The summed E-state index contributed by atoms with van der Waals surface area (Å²) in [6.07, 6.45) is 4.77. The number of halogens is 1. The molecule has 1 fully saturated rings. The molecule has 0 bridgehead atoms. The number of hydrogen-bond acceptors (Lipinski definition) is 7. The highest BCUT2D eigenvalue weighted by Crippen LogP contribution is 2.26. The Morgan fingerprint density at radius 3 is 2.96 bits per heavy atom. The van der Waals surface area contributed by atoms with Gasteiger partial charge in [0.2, 0.25) is 5.89 Å². The average Bonchev–Trinajstić information content (AvgIpc) is 2.87. The number of rotatable bonds is 3. The van der Waals surface area contributed by atoms with Crippen LogP contribution in [0.2, 0.25) is 0 Å². The molecule has 0 aromatic carbocycles. The minimum absolute atomic E-state index is 0.618. The third-order valence-corrected chi connectivity index (χ3v) is 4.82. The van der Waals surface area contributed by atoms with Crippen LogP contribution in [0.4, 0.5) is 5.69 Å². The van der Waals surface area contributed by atoms with Crippen molar-refractivity contribution in [1.82, 2.24) is 25.0 Å². The summed E-state index contributed by atoms with van der Waals surface area (Å²) >= 11 is 3.46. The monoisotopic (exact) mass is 402 g/mol. The number of fused-ring (bicyclic) bond motifs is 1. The van der Waals surface area contributed by atoms with Gasteiger partial charge in [-0.2, -0.15) is 4.98 Å². The van der Waals surface area contributed by atoms with Crippen LogP contribution in [0.15, 0.2) is 33.5 Å². The highest BCUT2D eigenvalue weighted by atomic mass is 79.9. The molecule has 0 amide bonds. The maximum atomic E-state index is 5.07. The molecule has 0 radical (unpaired) electrons. The molecule has 0 saturated carbocycles. The summed E-state index contributed by atoms with van der Waals surface area (Å²) in [5, 5.41) is 4.00. The summed E-state index contributed by atoms with van der Waals surface area (Å²) in [6.45, 7) is 6.46. The average molecular weight is 403 g/mol. The largest absolute Gasteiger partial charge is 0.368 e. The van der Waals surface area contributed by atoms with Crippen molar-refractivity contribution in [3.05, 3.63) is 40.7 Å². The smallest absolute Gasteiger partial charge is 0.223 e. The molecule has 4 rings (SSSR count). The first kappa shape index (κ1) is 16.4. The predicted octanol–water partition coefficient (Wildman–Crippen LogP) is 2.80. The Hall–Kier alpha value is -2.06. The molecule has 0 spiro atoms. The van der Waals surface area contributed by atoms with Crippen LogP contribution >= 0.6 is 15.9 Å². The highest BCUT2D eigenvalue weighted by Gasteiger charge is 2.19. The number of aryl methyl sites for hydroxylation is 1. The van der Waals surface area contributed by atoms with E-state index in [0.717, 1.165) is 66.2 Å². The van der Waals surface area contributed by atoms with E-state index in [1.54, 1.807) is 0 Å². The normalized spacial score (nSPS) is 16.3. The molecule has 8 heteroatoms. The van der Waals surface area contributed by atoms with E-state index in [1.165, 1.54) is 0 Å². The van der Waals surface area contributed by atoms with Crippen molar-refractivity contribution < 1.29 is 4.52 Å². The molecular weight excluding hydrogens is 384 g/mol. The first-order chi connectivity index (χ1) is 12.2. The molecule has 130 valence electrons. The third-order valence-electron chi connectivity index (χ3n) is 4.39. The van der Waals surface area contributed by atoms with Crippen molar-refractivity contribution in [2.24, 2.45) is 0 Å². The first-order valence-electron chi connectivity index (χ1n) is 8.36. The van der Waals surface area contributed by atoms with Gasteiger partial charge in [-0.25, -0.2) is 0 Å². The van der Waals surface area contributed by atoms with Crippen molar-refractivity contribution in [2.45, 2.75) is 19.9 Å². The molecular formula is C17H19BrN6O. The molecule has 3 aromatic heterocycles. The van der Waals surface area contributed by atoms with Gasteiger partial charge in [0.15, 0.2) is 5.82 Å². The van der Waals surface area contributed by atoms with Crippen molar-refractivity contribution >= 4 is 32.7 Å². The second-order valence-electron chi connectivity index (χ2n) is 6.20. The lowest BCUT2D eigenvalue weighted by atomic mass is 10.2. The van der Waals surface area contributed by atoms with Crippen LogP contribution in [0.5, 0.6) is 0 Å². The number of anilines is 1. The van der Waals surface area contributed by atoms with Gasteiger partial charge in [0.1, 0.15) is 5.52 Å². The van der Waals surface area contributed by atoms with Gasteiger partial charge in [-0.1, -0.05) is 5.16 Å². The minimum atomic E-state index is 0.618. The Morgan fingerprint density at radius 2 is 2.12 bits per heavy atom. The van der Waals surface area contributed by atoms with Gasteiger partial charge in [-0.05, 0) is 34.5 Å². The lowest BCUT2D eigenvalue weighted by molar-refractivity contribution is 0.272. The van der Waals surface area contributed by atoms with E-state index < -0.39 is 0 Å². The number of pyridine rings is 2. The van der Waals surface area contributed by atoms with Gasteiger partial charge in [0.25, 0.3) is 0 Å². The van der Waals surface area contributed by atoms with E-state index in [2.05, 4.69) is 51.9 Å². The zero-order valence-corrected chi connectivity index (χ0v) is 15.6. The third kappa shape index (κ3) is 3.64. The summed E-state index contributed by atoms with van der Waals surface area (Å²) in [7, 11) is 0. The number of nitrogens with zero attached hydrogens (tertiary/aromatic N) is 6. The second-order valence-corrected chi connectivity index (χ2v) is 7.11. The summed E-state index contributed by atoms with van der Waals surface area (Å²) in [4.78, 5) is 18.1. The Labute approximate surface area is 154 Å². The minimum Gasteiger partial charge on any atom is -0.368 e. The van der Waals surface area contributed by atoms with E-state index in [9.17, 15) is 0 Å². The summed E-state index contributed by atoms with van der Waals surface area (Å²) in [5.74, 6) is 1.37. The Bertz CT molecular complexity index is 882. The van der Waals surface area contributed by atoms with Crippen molar-refractivity contribution in [2.75, 3.05) is 31.1 Å². The molecule has 1 aliphatic rings. The van der Waals surface area contributed by atoms with Gasteiger partial charge >= 0.3 is 0 Å². The van der Waals surface area contributed by atoms with Gasteiger partial charge in [-0.3, -0.25) is 14.9 Å². The lowest BCUT2D eigenvalue weighted by Gasteiger charge is -2.24. The van der Waals surface area contributed by atoms with Crippen molar-refractivity contribution in [3.63, 3.8) is 0 Å². The quantitative estimate of drug-likeness (QED) is 0.666. The zero-order valence-electron chi connectivity index (χ0n) is 14.0. The van der Waals surface area contributed by atoms with Gasteiger partial charge in [0, 0.05) is 50.0 Å². The maximum Gasteiger partial charge on any atom is 0.223 e. The van der Waals surface area contributed by atoms with E-state index in [0.29, 0.717) is 5.89 Å². The van der Waals surface area contributed by atoms with E-state index in [1.807, 2.05) is 25.4 Å². The lowest BCUT2D eigenvalue weighted by Crippen LogP contribution is -2.31. The van der Waals surface area contributed by atoms with Crippen LogP contribution < -0.4 is 4.90 Å². The topological polar surface area (TPSA) is 71.2 Å². The molecule has 1 saturated heterocycles. The van der Waals surface area contributed by atoms with Crippen LogP contribution in [0.1, 0.15) is 18.1 Å². The fraction of sp³-hybridized carbons (Fsp3) is 0.412. The van der Waals surface area contributed by atoms with Crippen LogP contribution in [0.25, 0.3) is 11.0 Å². The Kier molecular flexibility index (Phi) is 4.63. The van der Waals surface area contributed by atoms with Crippen LogP contribution in [0.3, 0.4) is 0 Å². The molecule has 0 N–H and O–H groups in total. The van der Waals surface area contributed by atoms with Crippen molar-refractivity contribution in [3.8, 4) is 0 Å². The van der Waals surface area contributed by atoms with Crippen molar-refractivity contribution in [1.29, 1.82) is 0 Å². The number of hydrogen-bond donors (Lipinski definition) is 0. The van der Waals surface area contributed by atoms with Gasteiger partial charge in [-0.15, -0.1) is 0 Å². The fourth-order valence-corrected chi connectivity index (χ4v) is 3.54. The molecule has 0 unspecified atom stereocenters. The molecule has 25 heavy (non-hydrogen) atoms. The summed E-state index contributed by atoms with van der Waals surface area (Å²) < 4.78 is 6.01. The molecule has 4 heterocycles. The summed E-state index contributed by atoms with van der Waals surface area (Å²) in [5.41, 5.74) is 3.01. The first-order valence-corrected chi connectivity index (χ1v) is 9.15. The van der Waals surface area contributed by atoms with Gasteiger partial charge < -0.3 is 9.42 Å². The second kappa shape index (κ2) is 7.05. The SMILES string of the molecule is Cc1nc(CN2CCCN(c3ccnc4cc(Br)cnc34)CC2)no1. The van der Waals surface area contributed by atoms with E-state index >= 15 is 0 Å².